The molecule has 0 aliphatic rings. The summed E-state index contributed by atoms with van der Waals surface area (Å²) in [6, 6.07) is 12.4. The molecule has 0 spiro atoms. The lowest BCUT2D eigenvalue weighted by molar-refractivity contribution is 0.0598. The number of carbonyl (C=O) groups is 3. The summed E-state index contributed by atoms with van der Waals surface area (Å²) in [5, 5.41) is 19.0. The van der Waals surface area contributed by atoms with Gasteiger partial charge >= 0.3 is 17.9 Å². The maximum absolute atomic E-state index is 12.1. The van der Waals surface area contributed by atoms with Crippen LogP contribution in [0.4, 0.5) is 5.82 Å². The minimum atomic E-state index is -1.58. The third kappa shape index (κ3) is 5.77. The number of aromatic nitrogens is 1. The van der Waals surface area contributed by atoms with Crippen LogP contribution in [0, 0.1) is 0 Å². The zero-order chi connectivity index (χ0) is 25.5. The summed E-state index contributed by atoms with van der Waals surface area (Å²) in [6.07, 6.45) is 0.539. The number of H-pyrrole nitrogens is 1. The maximum Gasteiger partial charge on any atom is 0.342 e. The molecule has 0 aliphatic heterocycles. The summed E-state index contributed by atoms with van der Waals surface area (Å²) in [6.45, 7) is 0.657. The summed E-state index contributed by atoms with van der Waals surface area (Å²) >= 11 is 0. The predicted octanol–water partition coefficient (Wildman–Crippen LogP) is 2.66. The molecule has 11 nitrogen and oxygen atoms in total. The van der Waals surface area contributed by atoms with Gasteiger partial charge in [-0.1, -0.05) is 12.1 Å². The molecule has 2 aromatic carbocycles. The van der Waals surface area contributed by atoms with Crippen molar-refractivity contribution < 1.29 is 38.8 Å². The topological polar surface area (TPSA) is 178 Å². The minimum Gasteiger partial charge on any atom is -0.493 e. The Kier molecular flexibility index (Phi) is 7.72. The lowest BCUT2D eigenvalue weighted by Gasteiger charge is -2.13. The van der Waals surface area contributed by atoms with E-state index in [1.165, 1.54) is 31.4 Å². The van der Waals surface area contributed by atoms with Crippen molar-refractivity contribution >= 4 is 23.7 Å². The average Bonchev–Trinajstić information content (AvgIpc) is 2.83. The second-order valence-corrected chi connectivity index (χ2v) is 7.19. The largest absolute Gasteiger partial charge is 0.493 e. The molecule has 1 heterocycles. The lowest BCUT2D eigenvalue weighted by atomic mass is 9.95. The van der Waals surface area contributed by atoms with Crippen LogP contribution in [0.25, 0.3) is 11.1 Å². The molecule has 0 atom stereocenters. The Bertz CT molecular complexity index is 1300. The number of nitrogens with one attached hydrogen (secondary N) is 1. The van der Waals surface area contributed by atoms with Gasteiger partial charge in [0.25, 0.3) is 5.56 Å². The monoisotopic (exact) mass is 482 g/mol. The minimum absolute atomic E-state index is 0.184. The molecule has 3 rings (SSSR count). The van der Waals surface area contributed by atoms with Crippen LogP contribution in [-0.2, 0) is 4.74 Å². The Labute approximate surface area is 198 Å². The molecule has 35 heavy (non-hydrogen) atoms. The van der Waals surface area contributed by atoms with Crippen LogP contribution >= 0.6 is 0 Å². The van der Waals surface area contributed by atoms with Gasteiger partial charge < -0.3 is 35.1 Å². The van der Waals surface area contributed by atoms with Crippen LogP contribution in [0.3, 0.4) is 0 Å². The number of esters is 1. The highest BCUT2D eigenvalue weighted by atomic mass is 16.5. The van der Waals surface area contributed by atoms with Crippen molar-refractivity contribution in [3.63, 3.8) is 0 Å². The highest BCUT2D eigenvalue weighted by Crippen LogP contribution is 2.30. The number of hydrogen-bond donors (Lipinski definition) is 4. The van der Waals surface area contributed by atoms with E-state index in [2.05, 4.69) is 9.72 Å². The molecule has 0 amide bonds. The highest BCUT2D eigenvalue weighted by molar-refractivity contribution is 6.07. The molecule has 1 aromatic heterocycles. The number of nitrogen functional groups attached to an aromatic ring is 1. The van der Waals surface area contributed by atoms with Crippen LogP contribution in [0.2, 0.25) is 0 Å². The van der Waals surface area contributed by atoms with E-state index in [0.29, 0.717) is 36.7 Å². The number of pyridine rings is 1. The Morgan fingerprint density at radius 2 is 1.37 bits per heavy atom. The van der Waals surface area contributed by atoms with Gasteiger partial charge in [0.2, 0.25) is 0 Å². The van der Waals surface area contributed by atoms with Crippen molar-refractivity contribution in [2.75, 3.05) is 26.1 Å². The van der Waals surface area contributed by atoms with Gasteiger partial charge in [-0.15, -0.1) is 0 Å². The first-order valence-corrected chi connectivity index (χ1v) is 10.3. The first-order chi connectivity index (χ1) is 16.7. The summed E-state index contributed by atoms with van der Waals surface area (Å²) in [5.41, 5.74) is 3.72. The van der Waals surface area contributed by atoms with Crippen molar-refractivity contribution in [1.82, 2.24) is 4.98 Å². The first kappa shape index (κ1) is 24.8. The second-order valence-electron chi connectivity index (χ2n) is 7.19. The lowest BCUT2D eigenvalue weighted by Crippen LogP contribution is -2.24. The van der Waals surface area contributed by atoms with E-state index in [1.54, 1.807) is 24.3 Å². The summed E-state index contributed by atoms with van der Waals surface area (Å²) in [5.74, 6) is -2.90. The number of rotatable bonds is 10. The van der Waals surface area contributed by atoms with Gasteiger partial charge in [0, 0.05) is 12.0 Å². The van der Waals surface area contributed by atoms with Gasteiger partial charge in [-0.05, 0) is 42.0 Å². The number of aromatic amines is 1. The van der Waals surface area contributed by atoms with Crippen LogP contribution in [0.15, 0.2) is 53.3 Å². The van der Waals surface area contributed by atoms with Crippen LogP contribution in [-0.4, -0.2) is 53.4 Å². The standard InChI is InChI=1S/C24H22N2O9/c1-33-24(32)14-5-9-16(10-6-14)35-12-2-11-34-15-7-3-13(4-8-15)17-18(22(28)29)20(25)26-21(27)19(17)23(30)31/h3-10H,2,11-12H2,1H3,(H,28,29)(H,30,31)(H3,25,26,27). The van der Waals surface area contributed by atoms with Gasteiger partial charge in [-0.25, -0.2) is 14.4 Å². The molecule has 3 aromatic rings. The van der Waals surface area contributed by atoms with Gasteiger partial charge in [-0.2, -0.15) is 0 Å². The van der Waals surface area contributed by atoms with E-state index in [-0.39, 0.29) is 11.1 Å². The van der Waals surface area contributed by atoms with Crippen LogP contribution in [0.1, 0.15) is 37.5 Å². The highest BCUT2D eigenvalue weighted by Gasteiger charge is 2.26. The van der Waals surface area contributed by atoms with Gasteiger partial charge in [0.1, 0.15) is 28.4 Å². The number of methoxy groups -OCH3 is 1. The van der Waals surface area contributed by atoms with E-state index in [1.807, 2.05) is 0 Å². The summed E-state index contributed by atoms with van der Waals surface area (Å²) in [4.78, 5) is 48.9. The van der Waals surface area contributed by atoms with E-state index < -0.39 is 40.4 Å². The fraction of sp³-hybridized carbons (Fsp3) is 0.167. The Morgan fingerprint density at radius 1 is 0.857 bits per heavy atom. The van der Waals surface area contributed by atoms with Crippen molar-refractivity contribution in [2.45, 2.75) is 6.42 Å². The van der Waals surface area contributed by atoms with Crippen molar-refractivity contribution in [1.29, 1.82) is 0 Å². The molecule has 0 saturated heterocycles. The van der Waals surface area contributed by atoms with E-state index in [4.69, 9.17) is 15.2 Å². The Morgan fingerprint density at radius 3 is 1.86 bits per heavy atom. The quantitative estimate of drug-likeness (QED) is 0.248. The fourth-order valence-electron chi connectivity index (χ4n) is 3.30. The molecule has 0 bridgehead atoms. The summed E-state index contributed by atoms with van der Waals surface area (Å²) < 4.78 is 15.9. The zero-order valence-corrected chi connectivity index (χ0v) is 18.6. The third-order valence-electron chi connectivity index (χ3n) is 4.92. The maximum atomic E-state index is 12.1. The smallest absolute Gasteiger partial charge is 0.342 e. The third-order valence-corrected chi connectivity index (χ3v) is 4.92. The molecule has 0 saturated carbocycles. The molecular formula is C24H22N2O9. The number of carboxylic acid groups (broad SMARTS) is 2. The second kappa shape index (κ2) is 10.9. The Balaban J connectivity index is 1.63. The number of hydrogen-bond acceptors (Lipinski definition) is 8. The molecule has 0 fully saturated rings. The fourth-order valence-corrected chi connectivity index (χ4v) is 3.30. The number of carbonyl (C=O) groups excluding carboxylic acids is 1. The molecule has 0 radical (unpaired) electrons. The first-order valence-electron chi connectivity index (χ1n) is 10.3. The Hall–Kier alpha value is -4.80. The van der Waals surface area contributed by atoms with Gasteiger partial charge in [-0.3, -0.25) is 4.79 Å². The molecule has 5 N–H and O–H groups in total. The van der Waals surface area contributed by atoms with Crippen LogP contribution < -0.4 is 20.8 Å². The molecule has 182 valence electrons. The van der Waals surface area contributed by atoms with Crippen LogP contribution in [0.5, 0.6) is 11.5 Å². The normalized spacial score (nSPS) is 10.4. The van der Waals surface area contributed by atoms with E-state index in [0.717, 1.165) is 0 Å². The number of benzene rings is 2. The molecule has 0 aliphatic carbocycles. The number of carboxylic acids is 2. The zero-order valence-electron chi connectivity index (χ0n) is 18.6. The predicted molar refractivity (Wildman–Crippen MR) is 124 cm³/mol. The van der Waals surface area contributed by atoms with E-state index >= 15 is 0 Å². The van der Waals surface area contributed by atoms with Gasteiger partial charge in [0.15, 0.2) is 0 Å². The van der Waals surface area contributed by atoms with Crippen molar-refractivity contribution in [3.05, 3.63) is 75.6 Å². The number of aromatic carboxylic acids is 2. The SMILES string of the molecule is COC(=O)c1ccc(OCCCOc2ccc(-c3c(C(=O)O)c(N)[nH]c(=O)c3C(=O)O)cc2)cc1. The number of anilines is 1. The molecular weight excluding hydrogens is 460 g/mol. The number of nitrogens with two attached hydrogens (primary N) is 1. The number of ether oxygens (including phenoxy) is 3. The van der Waals surface area contributed by atoms with Crippen molar-refractivity contribution in [3.8, 4) is 22.6 Å². The molecule has 0 unspecified atom stereocenters. The van der Waals surface area contributed by atoms with Gasteiger partial charge in [0.05, 0.1) is 25.9 Å². The average molecular weight is 482 g/mol. The van der Waals surface area contributed by atoms with E-state index in [9.17, 15) is 29.4 Å². The van der Waals surface area contributed by atoms with Crippen molar-refractivity contribution in [2.24, 2.45) is 0 Å². The molecule has 11 heteroatoms. The summed E-state index contributed by atoms with van der Waals surface area (Å²) in [7, 11) is 1.31.